The number of hydrogen-bond donors (Lipinski definition) is 1. The van der Waals surface area contributed by atoms with Crippen LogP contribution in [0.3, 0.4) is 0 Å². The topological polar surface area (TPSA) is 86.5 Å². The van der Waals surface area contributed by atoms with Crippen molar-refractivity contribution in [2.45, 2.75) is 37.6 Å². The largest absolute Gasteiger partial charge is 0.454 e. The maximum atomic E-state index is 12.9. The molecule has 7 heteroatoms. The van der Waals surface area contributed by atoms with Gasteiger partial charge in [0, 0.05) is 24.1 Å². The zero-order valence-corrected chi connectivity index (χ0v) is 13.7. The quantitative estimate of drug-likeness (QED) is 0.896. The van der Waals surface area contributed by atoms with Gasteiger partial charge in [0.25, 0.3) is 0 Å². The average molecular weight is 341 g/mol. The van der Waals surface area contributed by atoms with Crippen LogP contribution in [-0.4, -0.2) is 35.3 Å². The Morgan fingerprint density at radius 2 is 2.00 bits per heavy atom. The summed E-state index contributed by atoms with van der Waals surface area (Å²) in [5.41, 5.74) is 0.783. The Hall–Kier alpha value is -2.41. The smallest absolute Gasteiger partial charge is 0.238 e. The number of carbonyl (C=O) groups excluding carboxylic acids is 1. The minimum Gasteiger partial charge on any atom is -0.454 e. The van der Waals surface area contributed by atoms with Crippen molar-refractivity contribution in [1.82, 2.24) is 15.5 Å². The van der Waals surface area contributed by atoms with Crippen LogP contribution >= 0.6 is 0 Å². The fraction of sp³-hybridized carbons (Fsp3) is 0.500. The molecule has 1 saturated carbocycles. The first-order valence-electron chi connectivity index (χ1n) is 8.80. The second-order valence-electron chi connectivity index (χ2n) is 6.88. The molecular weight excluding hydrogens is 322 g/mol. The van der Waals surface area contributed by atoms with Crippen molar-refractivity contribution in [2.24, 2.45) is 5.92 Å². The van der Waals surface area contributed by atoms with E-state index in [0.717, 1.165) is 24.8 Å². The Labute approximate surface area is 144 Å². The number of nitrogens with one attached hydrogen (secondary N) is 1. The normalized spacial score (nSPS) is 28.0. The Bertz CT molecular complexity index is 818. The lowest BCUT2D eigenvalue weighted by Crippen LogP contribution is -2.51. The van der Waals surface area contributed by atoms with E-state index in [1.54, 1.807) is 0 Å². The molecule has 3 atom stereocenters. The molecule has 3 heterocycles. The molecule has 0 radical (unpaired) electrons. The zero-order valence-electron chi connectivity index (χ0n) is 13.7. The summed E-state index contributed by atoms with van der Waals surface area (Å²) in [4.78, 5) is 17.3. The molecule has 3 aliphatic rings. The second-order valence-corrected chi connectivity index (χ2v) is 6.88. The average Bonchev–Trinajstić information content (AvgIpc) is 3.31. The zero-order chi connectivity index (χ0) is 16.8. The third-order valence-electron chi connectivity index (χ3n) is 5.43. The first kappa shape index (κ1) is 14.9. The van der Waals surface area contributed by atoms with Gasteiger partial charge < -0.3 is 19.3 Å². The Kier molecular flexibility index (Phi) is 3.48. The van der Waals surface area contributed by atoms with E-state index in [0.29, 0.717) is 35.8 Å². The summed E-state index contributed by atoms with van der Waals surface area (Å²) in [5.74, 6) is 2.21. The number of aromatic nitrogens is 2. The highest BCUT2D eigenvalue weighted by molar-refractivity contribution is 5.88. The predicted molar refractivity (Wildman–Crippen MR) is 87.4 cm³/mol. The number of ether oxygens (including phenoxy) is 2. The summed E-state index contributed by atoms with van der Waals surface area (Å²) in [5, 5.41) is 7.56. The van der Waals surface area contributed by atoms with Gasteiger partial charge in [0.2, 0.25) is 18.5 Å². The molecule has 0 amide bonds. The minimum absolute atomic E-state index is 0.0772. The number of nitrogens with zero attached hydrogens (tertiary/aromatic N) is 2. The summed E-state index contributed by atoms with van der Waals surface area (Å²) in [6, 6.07) is 5.83. The van der Waals surface area contributed by atoms with Gasteiger partial charge in [0.1, 0.15) is 5.92 Å². The molecule has 2 aromatic rings. The van der Waals surface area contributed by atoms with Crippen molar-refractivity contribution in [3.8, 4) is 22.9 Å². The number of piperidine rings is 1. The van der Waals surface area contributed by atoms with E-state index in [1.165, 1.54) is 6.42 Å². The van der Waals surface area contributed by atoms with Crippen LogP contribution < -0.4 is 14.8 Å². The molecule has 25 heavy (non-hydrogen) atoms. The van der Waals surface area contributed by atoms with Gasteiger partial charge in [-0.25, -0.2) is 0 Å². The number of hydrogen-bond acceptors (Lipinski definition) is 7. The number of Topliss-reactive ketones (excluding diaryl/α,β-unsaturated/α-hetero) is 1. The Morgan fingerprint density at radius 3 is 2.96 bits per heavy atom. The molecule has 2 fully saturated rings. The van der Waals surface area contributed by atoms with Crippen molar-refractivity contribution >= 4 is 5.78 Å². The predicted octanol–water partition coefficient (Wildman–Crippen LogP) is 2.28. The lowest BCUT2D eigenvalue weighted by molar-refractivity contribution is -0.128. The van der Waals surface area contributed by atoms with Gasteiger partial charge in [-0.2, -0.15) is 4.98 Å². The first-order valence-corrected chi connectivity index (χ1v) is 8.80. The van der Waals surface area contributed by atoms with Crippen LogP contribution in [0.15, 0.2) is 22.7 Å². The van der Waals surface area contributed by atoms with E-state index in [-0.39, 0.29) is 24.4 Å². The van der Waals surface area contributed by atoms with Gasteiger partial charge in [0.05, 0.1) is 0 Å². The van der Waals surface area contributed by atoms with Crippen molar-refractivity contribution in [3.05, 3.63) is 24.1 Å². The van der Waals surface area contributed by atoms with Crippen LogP contribution in [0.1, 0.15) is 37.5 Å². The van der Waals surface area contributed by atoms with E-state index < -0.39 is 0 Å². The standard InChI is InChI=1S/C18H19N3O4/c22-16-11-3-1-2-4-13(11)19-8-12(16)18-20-17(21-25-18)10-5-6-14-15(7-10)24-9-23-14/h5-7,11-13,19H,1-4,8-9H2. The van der Waals surface area contributed by atoms with Gasteiger partial charge in [0.15, 0.2) is 17.3 Å². The van der Waals surface area contributed by atoms with Crippen LogP contribution in [-0.2, 0) is 4.79 Å². The van der Waals surface area contributed by atoms with Gasteiger partial charge in [-0.3, -0.25) is 4.79 Å². The molecule has 130 valence electrons. The van der Waals surface area contributed by atoms with Crippen molar-refractivity contribution in [1.29, 1.82) is 0 Å². The lowest BCUT2D eigenvalue weighted by atomic mass is 9.75. The van der Waals surface area contributed by atoms with Crippen molar-refractivity contribution < 1.29 is 18.8 Å². The monoisotopic (exact) mass is 341 g/mol. The summed E-state index contributed by atoms with van der Waals surface area (Å²) in [6.07, 6.45) is 4.35. The fourth-order valence-corrected chi connectivity index (χ4v) is 4.08. The first-order chi connectivity index (χ1) is 12.3. The van der Waals surface area contributed by atoms with E-state index in [9.17, 15) is 4.79 Å². The minimum atomic E-state index is -0.352. The second kappa shape index (κ2) is 5.84. The molecule has 0 bridgehead atoms. The SMILES string of the molecule is O=C1C(c2nc(-c3ccc4c(c3)OCO4)no2)CNC2CCCCC12. The third-order valence-corrected chi connectivity index (χ3v) is 5.43. The number of ketones is 1. The van der Waals surface area contributed by atoms with E-state index in [2.05, 4.69) is 15.5 Å². The van der Waals surface area contributed by atoms with E-state index in [4.69, 9.17) is 14.0 Å². The van der Waals surface area contributed by atoms with Crippen molar-refractivity contribution in [2.75, 3.05) is 13.3 Å². The van der Waals surface area contributed by atoms with Crippen LogP contribution in [0.4, 0.5) is 0 Å². The number of carbonyl (C=O) groups is 1. The highest BCUT2D eigenvalue weighted by Crippen LogP contribution is 2.37. The lowest BCUT2D eigenvalue weighted by Gasteiger charge is -2.37. The van der Waals surface area contributed by atoms with Gasteiger partial charge >= 0.3 is 0 Å². The summed E-state index contributed by atoms with van der Waals surface area (Å²) < 4.78 is 16.1. The van der Waals surface area contributed by atoms with Crippen LogP contribution in [0.5, 0.6) is 11.5 Å². The number of benzene rings is 1. The third kappa shape index (κ3) is 2.50. The summed E-state index contributed by atoms with van der Waals surface area (Å²) in [7, 11) is 0. The highest BCUT2D eigenvalue weighted by Gasteiger charge is 2.41. The molecule has 1 N–H and O–H groups in total. The molecule has 1 aromatic carbocycles. The molecule has 1 aliphatic carbocycles. The molecule has 0 spiro atoms. The Balaban J connectivity index is 1.40. The summed E-state index contributed by atoms with van der Waals surface area (Å²) in [6.45, 7) is 0.795. The number of rotatable bonds is 2. The maximum Gasteiger partial charge on any atom is 0.238 e. The van der Waals surface area contributed by atoms with Crippen molar-refractivity contribution in [3.63, 3.8) is 0 Å². The molecule has 1 saturated heterocycles. The van der Waals surface area contributed by atoms with Crippen LogP contribution in [0.25, 0.3) is 11.4 Å². The maximum absolute atomic E-state index is 12.9. The van der Waals surface area contributed by atoms with Gasteiger partial charge in [-0.15, -0.1) is 0 Å². The van der Waals surface area contributed by atoms with Gasteiger partial charge in [-0.1, -0.05) is 18.0 Å². The highest BCUT2D eigenvalue weighted by atomic mass is 16.7. The van der Waals surface area contributed by atoms with Gasteiger partial charge in [-0.05, 0) is 31.0 Å². The van der Waals surface area contributed by atoms with Crippen LogP contribution in [0, 0.1) is 5.92 Å². The molecule has 1 aromatic heterocycles. The fourth-order valence-electron chi connectivity index (χ4n) is 4.08. The summed E-state index contributed by atoms with van der Waals surface area (Å²) >= 11 is 0. The molecule has 3 unspecified atom stereocenters. The molecular formula is C18H19N3O4. The van der Waals surface area contributed by atoms with E-state index in [1.807, 2.05) is 18.2 Å². The Morgan fingerprint density at radius 1 is 1.12 bits per heavy atom. The van der Waals surface area contributed by atoms with Crippen LogP contribution in [0.2, 0.25) is 0 Å². The molecule has 7 nitrogen and oxygen atoms in total. The van der Waals surface area contributed by atoms with E-state index >= 15 is 0 Å². The molecule has 5 rings (SSSR count). The number of fused-ring (bicyclic) bond motifs is 2. The molecule has 2 aliphatic heterocycles.